The molecule has 0 aliphatic carbocycles. The van der Waals surface area contributed by atoms with Crippen molar-refractivity contribution in [3.63, 3.8) is 0 Å². The number of hydrogen-bond acceptors (Lipinski definition) is 3. The molecular weight excluding hydrogens is 415 g/mol. The van der Waals surface area contributed by atoms with Crippen molar-refractivity contribution in [1.82, 2.24) is 4.90 Å². The molecule has 4 nitrogen and oxygen atoms in total. The Morgan fingerprint density at radius 1 is 1.21 bits per heavy atom. The first-order valence-corrected chi connectivity index (χ1v) is 10.6. The normalized spacial score (nSPS) is 16.0. The first kappa shape index (κ1) is 21.2. The molecule has 0 radical (unpaired) electrons. The Bertz CT molecular complexity index is 792. The van der Waals surface area contributed by atoms with E-state index in [9.17, 15) is 0 Å². The molecule has 1 unspecified atom stereocenters. The number of rotatable bonds is 7. The number of halogens is 2. The second-order valence-electron chi connectivity index (χ2n) is 6.58. The molecule has 3 rings (SSSR count). The van der Waals surface area contributed by atoms with Gasteiger partial charge >= 0.3 is 0 Å². The van der Waals surface area contributed by atoms with Crippen LogP contribution in [-0.2, 0) is 11.3 Å². The van der Waals surface area contributed by atoms with E-state index in [0.29, 0.717) is 34.9 Å². The van der Waals surface area contributed by atoms with Gasteiger partial charge in [-0.3, -0.25) is 0 Å². The highest BCUT2D eigenvalue weighted by Crippen LogP contribution is 2.28. The monoisotopic (exact) mass is 438 g/mol. The molecule has 1 saturated heterocycles. The van der Waals surface area contributed by atoms with Gasteiger partial charge in [0.25, 0.3) is 0 Å². The number of para-hydroxylation sites is 2. The Hall–Kier alpha value is -1.53. The molecule has 1 N–H and O–H groups in total. The van der Waals surface area contributed by atoms with Crippen LogP contribution in [0.5, 0.6) is 5.75 Å². The summed E-state index contributed by atoms with van der Waals surface area (Å²) in [4.78, 5) is 2.06. The van der Waals surface area contributed by atoms with Gasteiger partial charge in [0.05, 0.1) is 18.4 Å². The van der Waals surface area contributed by atoms with Crippen LogP contribution in [0.15, 0.2) is 42.5 Å². The molecule has 1 aliphatic heterocycles. The van der Waals surface area contributed by atoms with E-state index < -0.39 is 0 Å². The van der Waals surface area contributed by atoms with Gasteiger partial charge in [-0.2, -0.15) is 0 Å². The standard InChI is InChI=1S/C21H24Cl2N2O2S/c1-2-26-20-11-4-3-10-19(20)24-21(28)25(13-15-7-6-12-27-15)14-16-17(22)8-5-9-18(16)23/h3-5,8-11,15H,2,6-7,12-14H2,1H3,(H,24,28). The van der Waals surface area contributed by atoms with Crippen LogP contribution in [-0.4, -0.2) is 35.9 Å². The largest absolute Gasteiger partial charge is 0.492 e. The van der Waals surface area contributed by atoms with E-state index in [2.05, 4.69) is 10.2 Å². The predicted octanol–water partition coefficient (Wildman–Crippen LogP) is 5.77. The van der Waals surface area contributed by atoms with E-state index in [1.807, 2.05) is 49.4 Å². The first-order valence-electron chi connectivity index (χ1n) is 9.40. The average Bonchev–Trinajstić information content (AvgIpc) is 3.19. The fourth-order valence-electron chi connectivity index (χ4n) is 3.17. The number of benzene rings is 2. The van der Waals surface area contributed by atoms with E-state index in [1.165, 1.54) is 0 Å². The van der Waals surface area contributed by atoms with Gasteiger partial charge < -0.3 is 19.7 Å². The third kappa shape index (κ3) is 5.51. The van der Waals surface area contributed by atoms with E-state index in [-0.39, 0.29) is 6.10 Å². The summed E-state index contributed by atoms with van der Waals surface area (Å²) >= 11 is 18.5. The smallest absolute Gasteiger partial charge is 0.173 e. The summed E-state index contributed by atoms with van der Waals surface area (Å²) in [7, 11) is 0. The highest BCUT2D eigenvalue weighted by molar-refractivity contribution is 7.80. The molecule has 0 bridgehead atoms. The van der Waals surface area contributed by atoms with Gasteiger partial charge in [0.15, 0.2) is 5.11 Å². The van der Waals surface area contributed by atoms with Crippen molar-refractivity contribution < 1.29 is 9.47 Å². The molecule has 0 amide bonds. The second kappa shape index (κ2) is 10.3. The van der Waals surface area contributed by atoms with Crippen LogP contribution in [0.25, 0.3) is 0 Å². The minimum atomic E-state index is 0.142. The van der Waals surface area contributed by atoms with Gasteiger partial charge in [0, 0.05) is 35.3 Å². The second-order valence-corrected chi connectivity index (χ2v) is 7.78. The summed E-state index contributed by atoms with van der Waals surface area (Å²) in [6.45, 7) is 4.50. The van der Waals surface area contributed by atoms with Gasteiger partial charge in [0.1, 0.15) is 5.75 Å². The van der Waals surface area contributed by atoms with Gasteiger partial charge in [-0.05, 0) is 56.2 Å². The lowest BCUT2D eigenvalue weighted by molar-refractivity contribution is 0.0905. The number of hydrogen-bond donors (Lipinski definition) is 1. The van der Waals surface area contributed by atoms with Crippen molar-refractivity contribution in [3.8, 4) is 5.75 Å². The molecule has 0 spiro atoms. The molecule has 0 aromatic heterocycles. The minimum Gasteiger partial charge on any atom is -0.492 e. The topological polar surface area (TPSA) is 33.7 Å². The van der Waals surface area contributed by atoms with Crippen LogP contribution >= 0.6 is 35.4 Å². The summed E-state index contributed by atoms with van der Waals surface area (Å²) < 4.78 is 11.5. The average molecular weight is 439 g/mol. The highest BCUT2D eigenvalue weighted by Gasteiger charge is 2.23. The molecule has 1 aliphatic rings. The van der Waals surface area contributed by atoms with Crippen LogP contribution in [0, 0.1) is 0 Å². The Morgan fingerprint density at radius 2 is 1.96 bits per heavy atom. The molecule has 1 heterocycles. The zero-order chi connectivity index (χ0) is 19.9. The van der Waals surface area contributed by atoms with Crippen molar-refractivity contribution in [2.75, 3.05) is 25.1 Å². The molecule has 2 aromatic rings. The highest BCUT2D eigenvalue weighted by atomic mass is 35.5. The van der Waals surface area contributed by atoms with Gasteiger partial charge in [-0.1, -0.05) is 41.4 Å². The SMILES string of the molecule is CCOc1ccccc1NC(=S)N(Cc1c(Cl)cccc1Cl)CC1CCCO1. The maximum absolute atomic E-state index is 6.40. The van der Waals surface area contributed by atoms with E-state index in [0.717, 1.165) is 36.4 Å². The maximum atomic E-state index is 6.40. The van der Waals surface area contributed by atoms with Crippen LogP contribution in [0.3, 0.4) is 0 Å². The molecule has 1 atom stereocenters. The summed E-state index contributed by atoms with van der Waals surface area (Å²) in [6, 6.07) is 13.3. The van der Waals surface area contributed by atoms with Gasteiger partial charge in [-0.25, -0.2) is 0 Å². The molecule has 7 heteroatoms. The third-order valence-electron chi connectivity index (χ3n) is 4.57. The van der Waals surface area contributed by atoms with Gasteiger partial charge in [0.2, 0.25) is 0 Å². The molecule has 28 heavy (non-hydrogen) atoms. The third-order valence-corrected chi connectivity index (χ3v) is 5.64. The summed E-state index contributed by atoms with van der Waals surface area (Å²) in [5, 5.41) is 5.16. The molecule has 0 saturated carbocycles. The number of nitrogens with one attached hydrogen (secondary N) is 1. The van der Waals surface area contributed by atoms with E-state index in [4.69, 9.17) is 44.9 Å². The Morgan fingerprint density at radius 3 is 2.64 bits per heavy atom. The summed E-state index contributed by atoms with van der Waals surface area (Å²) in [5.74, 6) is 0.764. The minimum absolute atomic E-state index is 0.142. The fourth-order valence-corrected chi connectivity index (χ4v) is 3.94. The lowest BCUT2D eigenvalue weighted by atomic mass is 10.2. The summed E-state index contributed by atoms with van der Waals surface area (Å²) in [5.41, 5.74) is 1.68. The van der Waals surface area contributed by atoms with Crippen LogP contribution in [0.1, 0.15) is 25.3 Å². The Labute approximate surface area is 181 Å². The fraction of sp³-hybridized carbons (Fsp3) is 0.381. The van der Waals surface area contributed by atoms with Crippen molar-refractivity contribution in [2.45, 2.75) is 32.4 Å². The van der Waals surface area contributed by atoms with Crippen molar-refractivity contribution in [1.29, 1.82) is 0 Å². The van der Waals surface area contributed by atoms with Crippen molar-refractivity contribution in [2.24, 2.45) is 0 Å². The van der Waals surface area contributed by atoms with Crippen LogP contribution in [0.2, 0.25) is 10.0 Å². The predicted molar refractivity (Wildman–Crippen MR) is 120 cm³/mol. The first-order chi connectivity index (χ1) is 13.6. The van der Waals surface area contributed by atoms with Crippen LogP contribution in [0.4, 0.5) is 5.69 Å². The number of nitrogens with zero attached hydrogens (tertiary/aromatic N) is 1. The quantitative estimate of drug-likeness (QED) is 0.554. The number of thiocarbonyl (C=S) groups is 1. The number of ether oxygens (including phenoxy) is 2. The lowest BCUT2D eigenvalue weighted by Crippen LogP contribution is -2.39. The molecule has 1 fully saturated rings. The molecular formula is C21H24Cl2N2O2S. The van der Waals surface area contributed by atoms with E-state index >= 15 is 0 Å². The van der Waals surface area contributed by atoms with Gasteiger partial charge in [-0.15, -0.1) is 0 Å². The molecule has 150 valence electrons. The van der Waals surface area contributed by atoms with Crippen molar-refractivity contribution >= 4 is 46.2 Å². The number of anilines is 1. The zero-order valence-electron chi connectivity index (χ0n) is 15.8. The summed E-state index contributed by atoms with van der Waals surface area (Å²) in [6.07, 6.45) is 2.23. The van der Waals surface area contributed by atoms with Crippen molar-refractivity contribution in [3.05, 3.63) is 58.1 Å². The zero-order valence-corrected chi connectivity index (χ0v) is 18.1. The maximum Gasteiger partial charge on any atom is 0.173 e. The Kier molecular flexibility index (Phi) is 7.80. The van der Waals surface area contributed by atoms with Crippen LogP contribution < -0.4 is 10.1 Å². The Balaban J connectivity index is 1.80. The molecule has 2 aromatic carbocycles. The lowest BCUT2D eigenvalue weighted by Gasteiger charge is -2.29. The van der Waals surface area contributed by atoms with E-state index in [1.54, 1.807) is 0 Å².